The molecule has 0 unspecified atom stereocenters. The fourth-order valence-electron chi connectivity index (χ4n) is 3.22. The van der Waals surface area contributed by atoms with Crippen molar-refractivity contribution >= 4 is 45.0 Å². The number of hydrogen-bond acceptors (Lipinski definition) is 8. The summed E-state index contributed by atoms with van der Waals surface area (Å²) < 4.78 is 26.0. The molecule has 4 aromatic carbocycles. The molecule has 0 aliphatic rings. The second-order valence-corrected chi connectivity index (χ2v) is 9.65. The van der Waals surface area contributed by atoms with Crippen LogP contribution in [0.2, 0.25) is 0 Å². The molecule has 10 nitrogen and oxygen atoms in total. The van der Waals surface area contributed by atoms with E-state index in [1.807, 2.05) is 0 Å². The lowest BCUT2D eigenvalue weighted by molar-refractivity contribution is -0.385. The van der Waals surface area contributed by atoms with E-state index in [-0.39, 0.29) is 21.2 Å². The van der Waals surface area contributed by atoms with Crippen molar-refractivity contribution in [2.24, 2.45) is 9.98 Å². The Morgan fingerprint density at radius 3 is 1.16 bits per heavy atom. The van der Waals surface area contributed by atoms with Gasteiger partial charge in [0.1, 0.15) is 0 Å². The van der Waals surface area contributed by atoms with Crippen LogP contribution in [0.4, 0.5) is 22.7 Å². The van der Waals surface area contributed by atoms with Gasteiger partial charge >= 0.3 is 0 Å². The number of rotatable bonds is 8. The first-order chi connectivity index (χ1) is 17.7. The van der Waals surface area contributed by atoms with E-state index in [9.17, 15) is 28.6 Å². The quantitative estimate of drug-likeness (QED) is 0.164. The van der Waals surface area contributed by atoms with Crippen LogP contribution in [0.1, 0.15) is 11.1 Å². The topological polar surface area (TPSA) is 145 Å². The van der Waals surface area contributed by atoms with Gasteiger partial charge in [-0.25, -0.2) is 8.42 Å². The van der Waals surface area contributed by atoms with E-state index in [2.05, 4.69) is 9.98 Å². The minimum atomic E-state index is -3.76. The van der Waals surface area contributed by atoms with Crippen molar-refractivity contribution in [3.8, 4) is 0 Å². The van der Waals surface area contributed by atoms with Gasteiger partial charge in [0.2, 0.25) is 9.84 Å². The summed E-state index contributed by atoms with van der Waals surface area (Å²) in [4.78, 5) is 29.3. The van der Waals surface area contributed by atoms with E-state index in [1.54, 1.807) is 48.5 Å². The molecular weight excluding hydrogens is 496 g/mol. The minimum Gasteiger partial charge on any atom is -0.258 e. The molecule has 0 atom stereocenters. The number of hydrogen-bond donors (Lipinski definition) is 0. The summed E-state index contributed by atoms with van der Waals surface area (Å²) in [6, 6.07) is 23.9. The maximum atomic E-state index is 13.0. The van der Waals surface area contributed by atoms with Crippen molar-refractivity contribution < 1.29 is 18.3 Å². The zero-order chi connectivity index (χ0) is 26.4. The van der Waals surface area contributed by atoms with Crippen LogP contribution in [0.3, 0.4) is 0 Å². The van der Waals surface area contributed by atoms with Gasteiger partial charge in [-0.3, -0.25) is 30.2 Å². The van der Waals surface area contributed by atoms with Crippen LogP contribution in [-0.4, -0.2) is 30.7 Å². The maximum Gasteiger partial charge on any atom is 0.269 e. The van der Waals surface area contributed by atoms with Gasteiger partial charge in [0.25, 0.3) is 11.4 Å². The van der Waals surface area contributed by atoms with Crippen LogP contribution in [-0.2, 0) is 9.84 Å². The highest BCUT2D eigenvalue weighted by Crippen LogP contribution is 2.25. The fourth-order valence-corrected chi connectivity index (χ4v) is 4.48. The number of nitro groups is 2. The fraction of sp³-hybridized carbons (Fsp3) is 0. The van der Waals surface area contributed by atoms with Crippen molar-refractivity contribution in [1.29, 1.82) is 0 Å². The van der Waals surface area contributed by atoms with Gasteiger partial charge in [0, 0.05) is 36.7 Å². The lowest BCUT2D eigenvalue weighted by atomic mass is 10.2. The van der Waals surface area contributed by atoms with Crippen LogP contribution >= 0.6 is 0 Å². The predicted octanol–water partition coefficient (Wildman–Crippen LogP) is 5.84. The molecule has 0 amide bonds. The maximum absolute atomic E-state index is 13.0. The second kappa shape index (κ2) is 10.7. The van der Waals surface area contributed by atoms with Gasteiger partial charge in [-0.2, -0.15) is 0 Å². The molecule has 0 aliphatic heterocycles. The number of nitro benzene ring substituents is 2. The first-order valence-electron chi connectivity index (χ1n) is 10.7. The van der Waals surface area contributed by atoms with Crippen LogP contribution in [0, 0.1) is 20.2 Å². The largest absolute Gasteiger partial charge is 0.269 e. The minimum absolute atomic E-state index is 0.0176. The van der Waals surface area contributed by atoms with Crippen molar-refractivity contribution in [2.75, 3.05) is 0 Å². The number of aliphatic imine (C=N–C) groups is 2. The van der Waals surface area contributed by atoms with E-state index >= 15 is 0 Å². The summed E-state index contributed by atoms with van der Waals surface area (Å²) in [5, 5.41) is 21.5. The summed E-state index contributed by atoms with van der Waals surface area (Å²) in [5.74, 6) is 0. The van der Waals surface area contributed by atoms with E-state index in [0.29, 0.717) is 22.5 Å². The molecule has 0 heterocycles. The number of nitrogens with zero attached hydrogens (tertiary/aromatic N) is 4. The van der Waals surface area contributed by atoms with Crippen LogP contribution in [0.15, 0.2) is 117 Å². The highest BCUT2D eigenvalue weighted by atomic mass is 32.2. The van der Waals surface area contributed by atoms with Crippen LogP contribution in [0.25, 0.3) is 0 Å². The molecule has 0 fully saturated rings. The third kappa shape index (κ3) is 6.16. The standard InChI is InChI=1S/C26H18N4O6S/c31-29(32)23-9-1-19(2-10-23)17-27-21-5-13-25(14-6-21)37(35,36)26-15-7-22(8-16-26)28-18-20-3-11-24(12-4-20)30(33)34/h1-18H. The molecule has 0 aromatic heterocycles. The first kappa shape index (κ1) is 25.1. The van der Waals surface area contributed by atoms with Crippen LogP contribution in [0.5, 0.6) is 0 Å². The normalized spacial score (nSPS) is 11.7. The number of non-ortho nitro benzene ring substituents is 2. The van der Waals surface area contributed by atoms with Gasteiger partial charge in [-0.05, 0) is 83.9 Å². The SMILES string of the molecule is O=[N+]([O-])c1ccc(C=Nc2ccc(S(=O)(=O)c3ccc(N=Cc4ccc([N+](=O)[O-])cc4)cc3)cc2)cc1. The third-order valence-electron chi connectivity index (χ3n) is 5.23. The van der Waals surface area contributed by atoms with Crippen molar-refractivity contribution in [1.82, 2.24) is 0 Å². The third-order valence-corrected chi connectivity index (χ3v) is 7.01. The first-order valence-corrected chi connectivity index (χ1v) is 12.2. The molecule has 0 aliphatic carbocycles. The summed E-state index contributed by atoms with van der Waals surface area (Å²) >= 11 is 0. The van der Waals surface area contributed by atoms with Crippen molar-refractivity contribution in [3.05, 3.63) is 128 Å². The molecule has 11 heteroatoms. The number of sulfone groups is 1. The Morgan fingerprint density at radius 1 is 0.541 bits per heavy atom. The van der Waals surface area contributed by atoms with Crippen LogP contribution < -0.4 is 0 Å². The number of benzene rings is 4. The van der Waals surface area contributed by atoms with Crippen molar-refractivity contribution in [3.63, 3.8) is 0 Å². The van der Waals surface area contributed by atoms with Gasteiger partial charge < -0.3 is 0 Å². The molecule has 4 rings (SSSR count). The Morgan fingerprint density at radius 2 is 0.865 bits per heavy atom. The molecule has 0 saturated carbocycles. The average Bonchev–Trinajstić information content (AvgIpc) is 2.91. The highest BCUT2D eigenvalue weighted by molar-refractivity contribution is 7.91. The summed E-state index contributed by atoms with van der Waals surface area (Å²) in [6.45, 7) is 0. The van der Waals surface area contributed by atoms with Gasteiger partial charge in [-0.1, -0.05) is 0 Å². The Labute approximate surface area is 211 Å². The molecule has 0 N–H and O–H groups in total. The van der Waals surface area contributed by atoms with E-state index in [1.165, 1.54) is 61.0 Å². The van der Waals surface area contributed by atoms with E-state index in [4.69, 9.17) is 0 Å². The Bertz CT molecular complexity index is 1480. The Hall–Kier alpha value is -5.03. The van der Waals surface area contributed by atoms with E-state index < -0.39 is 19.7 Å². The molecule has 0 saturated heterocycles. The summed E-state index contributed by atoms with van der Waals surface area (Å²) in [6.07, 6.45) is 3.06. The second-order valence-electron chi connectivity index (χ2n) is 7.70. The zero-order valence-electron chi connectivity index (χ0n) is 19.0. The Balaban J connectivity index is 1.44. The lowest BCUT2D eigenvalue weighted by Gasteiger charge is -2.05. The molecule has 4 aromatic rings. The smallest absolute Gasteiger partial charge is 0.258 e. The zero-order valence-corrected chi connectivity index (χ0v) is 19.9. The van der Waals surface area contributed by atoms with Gasteiger partial charge in [0.05, 0.1) is 31.0 Å². The predicted molar refractivity (Wildman–Crippen MR) is 139 cm³/mol. The van der Waals surface area contributed by atoms with Gasteiger partial charge in [0.15, 0.2) is 0 Å². The summed E-state index contributed by atoms with van der Waals surface area (Å²) in [7, 11) is -3.76. The van der Waals surface area contributed by atoms with E-state index in [0.717, 1.165) is 0 Å². The highest BCUT2D eigenvalue weighted by Gasteiger charge is 2.17. The lowest BCUT2D eigenvalue weighted by Crippen LogP contribution is -2.01. The summed E-state index contributed by atoms with van der Waals surface area (Å²) in [5.41, 5.74) is 2.34. The molecule has 184 valence electrons. The monoisotopic (exact) mass is 514 g/mol. The van der Waals surface area contributed by atoms with Crippen molar-refractivity contribution in [2.45, 2.75) is 9.79 Å². The van der Waals surface area contributed by atoms with Gasteiger partial charge in [-0.15, -0.1) is 0 Å². The Kier molecular flexibility index (Phi) is 7.26. The molecule has 0 radical (unpaired) electrons. The molecular formula is C26H18N4O6S. The average molecular weight is 515 g/mol. The molecule has 0 bridgehead atoms. The molecule has 0 spiro atoms. The molecule has 37 heavy (non-hydrogen) atoms.